The molecule has 1 aromatic rings. The first kappa shape index (κ1) is 7.72. The third-order valence-corrected chi connectivity index (χ3v) is 1.45. The zero-order valence-electron chi connectivity index (χ0n) is 6.59. The highest BCUT2D eigenvalue weighted by Crippen LogP contribution is 2.27. The molecule has 0 saturated carbocycles. The fourth-order valence-electron chi connectivity index (χ4n) is 0.887. The Bertz CT molecular complexity index is 271. The molecule has 3 nitrogen and oxygen atoms in total. The Balaban J connectivity index is 3.16. The lowest BCUT2D eigenvalue weighted by atomic mass is 10.2. The van der Waals surface area contributed by atoms with Crippen LogP contribution >= 0.6 is 0 Å². The first-order chi connectivity index (χ1) is 5.27. The van der Waals surface area contributed by atoms with E-state index in [0.29, 0.717) is 11.4 Å². The normalized spacial score (nSPS) is 9.27. The standard InChI is InChI=1S/C8H10N2O/c1-6-3-4-8(11-2)7(5-6)10-9/h3-5,9H,1-2H3. The fraction of sp³-hybridized carbons (Fsp3) is 0.250. The number of hydrogen-bond acceptors (Lipinski definition) is 3. The number of methoxy groups -OCH3 is 1. The third-order valence-electron chi connectivity index (χ3n) is 1.45. The van der Waals surface area contributed by atoms with Crippen LogP contribution in [0.1, 0.15) is 5.56 Å². The van der Waals surface area contributed by atoms with Crippen molar-refractivity contribution in [1.82, 2.24) is 0 Å². The van der Waals surface area contributed by atoms with Crippen LogP contribution in [0.4, 0.5) is 5.69 Å². The van der Waals surface area contributed by atoms with Gasteiger partial charge >= 0.3 is 0 Å². The van der Waals surface area contributed by atoms with Gasteiger partial charge < -0.3 is 4.74 Å². The van der Waals surface area contributed by atoms with Gasteiger partial charge in [-0.15, -0.1) is 0 Å². The van der Waals surface area contributed by atoms with E-state index in [9.17, 15) is 0 Å². The second kappa shape index (κ2) is 3.14. The first-order valence-electron chi connectivity index (χ1n) is 3.30. The van der Waals surface area contributed by atoms with E-state index in [2.05, 4.69) is 5.11 Å². The van der Waals surface area contributed by atoms with E-state index >= 15 is 0 Å². The molecule has 0 saturated heterocycles. The van der Waals surface area contributed by atoms with Crippen LogP contribution in [0.15, 0.2) is 23.3 Å². The molecule has 0 aliphatic rings. The van der Waals surface area contributed by atoms with Gasteiger partial charge in [-0.05, 0) is 24.6 Å². The molecule has 0 unspecified atom stereocenters. The molecule has 58 valence electrons. The number of aryl methyl sites for hydroxylation is 1. The van der Waals surface area contributed by atoms with Gasteiger partial charge in [0.1, 0.15) is 11.4 Å². The van der Waals surface area contributed by atoms with Gasteiger partial charge in [-0.2, -0.15) is 5.11 Å². The number of ether oxygens (including phenoxy) is 1. The van der Waals surface area contributed by atoms with Crippen molar-refractivity contribution in [2.24, 2.45) is 5.11 Å². The van der Waals surface area contributed by atoms with Gasteiger partial charge in [0.05, 0.1) is 7.11 Å². The predicted molar refractivity (Wildman–Crippen MR) is 42.5 cm³/mol. The lowest BCUT2D eigenvalue weighted by Crippen LogP contribution is -1.82. The van der Waals surface area contributed by atoms with Crippen LogP contribution in [0.3, 0.4) is 0 Å². The van der Waals surface area contributed by atoms with E-state index in [0.717, 1.165) is 5.56 Å². The highest BCUT2D eigenvalue weighted by molar-refractivity contribution is 5.52. The van der Waals surface area contributed by atoms with Crippen LogP contribution in [0.25, 0.3) is 0 Å². The van der Waals surface area contributed by atoms with Crippen molar-refractivity contribution in [3.63, 3.8) is 0 Å². The number of rotatable bonds is 2. The molecule has 1 aromatic carbocycles. The van der Waals surface area contributed by atoms with Crippen LogP contribution < -0.4 is 4.74 Å². The Hall–Kier alpha value is -1.38. The summed E-state index contributed by atoms with van der Waals surface area (Å²) in [6.07, 6.45) is 0. The van der Waals surface area contributed by atoms with Gasteiger partial charge in [-0.3, -0.25) is 0 Å². The van der Waals surface area contributed by atoms with Crippen LogP contribution in [0.5, 0.6) is 5.75 Å². The minimum Gasteiger partial charge on any atom is -0.494 e. The molecular formula is C8H10N2O. The number of benzene rings is 1. The molecule has 0 bridgehead atoms. The highest BCUT2D eigenvalue weighted by atomic mass is 16.5. The van der Waals surface area contributed by atoms with E-state index in [-0.39, 0.29) is 0 Å². The van der Waals surface area contributed by atoms with E-state index in [1.165, 1.54) is 0 Å². The van der Waals surface area contributed by atoms with Gasteiger partial charge in [0.25, 0.3) is 0 Å². The van der Waals surface area contributed by atoms with Crippen molar-refractivity contribution < 1.29 is 4.74 Å². The number of hydrogen-bond donors (Lipinski definition) is 1. The summed E-state index contributed by atoms with van der Waals surface area (Å²) in [4.78, 5) is 0. The minimum atomic E-state index is 0.576. The second-order valence-corrected chi connectivity index (χ2v) is 2.29. The van der Waals surface area contributed by atoms with Gasteiger partial charge in [0, 0.05) is 0 Å². The average molecular weight is 150 g/mol. The summed E-state index contributed by atoms with van der Waals surface area (Å²) in [5.41, 5.74) is 8.49. The molecule has 3 heteroatoms. The second-order valence-electron chi connectivity index (χ2n) is 2.29. The lowest BCUT2D eigenvalue weighted by molar-refractivity contribution is 0.415. The Morgan fingerprint density at radius 1 is 1.45 bits per heavy atom. The molecule has 0 aliphatic carbocycles. The summed E-state index contributed by atoms with van der Waals surface area (Å²) in [6, 6.07) is 5.54. The molecule has 11 heavy (non-hydrogen) atoms. The monoisotopic (exact) mass is 150 g/mol. The van der Waals surface area contributed by atoms with Crippen LogP contribution in [0.2, 0.25) is 0 Å². The molecule has 0 amide bonds. The zero-order chi connectivity index (χ0) is 8.27. The Labute approximate surface area is 65.5 Å². The molecule has 1 rings (SSSR count). The molecule has 0 heterocycles. The smallest absolute Gasteiger partial charge is 0.146 e. The zero-order valence-corrected chi connectivity index (χ0v) is 6.59. The average Bonchev–Trinajstić information content (AvgIpc) is 2.04. The molecule has 0 fully saturated rings. The van der Waals surface area contributed by atoms with E-state index in [4.69, 9.17) is 10.3 Å². The molecular weight excluding hydrogens is 140 g/mol. The summed E-state index contributed by atoms with van der Waals surface area (Å²) >= 11 is 0. The van der Waals surface area contributed by atoms with Crippen molar-refractivity contribution in [2.75, 3.05) is 7.11 Å². The quantitative estimate of drug-likeness (QED) is 0.647. The lowest BCUT2D eigenvalue weighted by Gasteiger charge is -2.02. The van der Waals surface area contributed by atoms with Gasteiger partial charge in [0.15, 0.2) is 0 Å². The van der Waals surface area contributed by atoms with Crippen molar-refractivity contribution in [3.8, 4) is 5.75 Å². The van der Waals surface area contributed by atoms with Gasteiger partial charge in [0.2, 0.25) is 0 Å². The molecule has 0 spiro atoms. The molecule has 0 aromatic heterocycles. The summed E-state index contributed by atoms with van der Waals surface area (Å²) < 4.78 is 4.98. The van der Waals surface area contributed by atoms with Gasteiger partial charge in [-0.25, -0.2) is 5.53 Å². The Morgan fingerprint density at radius 3 is 2.73 bits per heavy atom. The molecule has 1 N–H and O–H groups in total. The maximum absolute atomic E-state index is 6.83. The summed E-state index contributed by atoms with van der Waals surface area (Å²) in [7, 11) is 1.57. The van der Waals surface area contributed by atoms with Gasteiger partial charge in [-0.1, -0.05) is 6.07 Å². The maximum atomic E-state index is 6.83. The van der Waals surface area contributed by atoms with E-state index in [1.807, 2.05) is 25.1 Å². The summed E-state index contributed by atoms with van der Waals surface area (Å²) in [6.45, 7) is 1.95. The maximum Gasteiger partial charge on any atom is 0.146 e. The van der Waals surface area contributed by atoms with Crippen LogP contribution in [-0.4, -0.2) is 7.11 Å². The first-order valence-corrected chi connectivity index (χ1v) is 3.30. The molecule has 0 aliphatic heterocycles. The largest absolute Gasteiger partial charge is 0.494 e. The van der Waals surface area contributed by atoms with E-state index < -0.39 is 0 Å². The minimum absolute atomic E-state index is 0.576. The third kappa shape index (κ3) is 1.55. The summed E-state index contributed by atoms with van der Waals surface area (Å²) in [5, 5.41) is 3.33. The SMILES string of the molecule is COc1ccc(C)cc1N=N. The Kier molecular flexibility index (Phi) is 2.21. The number of nitrogens with one attached hydrogen (secondary N) is 1. The van der Waals surface area contributed by atoms with Crippen molar-refractivity contribution >= 4 is 5.69 Å². The Morgan fingerprint density at radius 2 is 2.18 bits per heavy atom. The summed E-state index contributed by atoms with van der Waals surface area (Å²) in [5.74, 6) is 0.644. The van der Waals surface area contributed by atoms with Crippen LogP contribution in [0, 0.1) is 12.5 Å². The topological polar surface area (TPSA) is 45.4 Å². The molecule has 0 radical (unpaired) electrons. The fourth-order valence-corrected chi connectivity index (χ4v) is 0.887. The van der Waals surface area contributed by atoms with Crippen molar-refractivity contribution in [2.45, 2.75) is 6.92 Å². The highest BCUT2D eigenvalue weighted by Gasteiger charge is 1.99. The molecule has 0 atom stereocenters. The van der Waals surface area contributed by atoms with E-state index in [1.54, 1.807) is 7.11 Å². The predicted octanol–water partition coefficient (Wildman–Crippen LogP) is 2.67. The van der Waals surface area contributed by atoms with Crippen LogP contribution in [-0.2, 0) is 0 Å². The van der Waals surface area contributed by atoms with Crippen molar-refractivity contribution in [3.05, 3.63) is 23.8 Å². The number of nitrogens with zero attached hydrogens (tertiary/aromatic N) is 1. The van der Waals surface area contributed by atoms with Crippen molar-refractivity contribution in [1.29, 1.82) is 5.53 Å².